The number of ether oxygens (including phenoxy) is 1. The maximum atomic E-state index is 15.1. The third kappa shape index (κ3) is 5.89. The Bertz CT molecular complexity index is 924. The number of carbonyl (C=O) groups excluding carboxylic acids is 1. The van der Waals surface area contributed by atoms with Crippen LogP contribution in [0.5, 0.6) is 0 Å². The average molecular weight is 431 g/mol. The highest BCUT2D eigenvalue weighted by atomic mass is 19.1. The molecule has 1 saturated heterocycles. The fourth-order valence-electron chi connectivity index (χ4n) is 3.47. The van der Waals surface area contributed by atoms with Crippen molar-refractivity contribution in [2.24, 2.45) is 0 Å². The summed E-state index contributed by atoms with van der Waals surface area (Å²) < 4.78 is 20.3. The van der Waals surface area contributed by atoms with Crippen molar-refractivity contribution in [2.45, 2.75) is 19.5 Å². The molecule has 1 aliphatic heterocycles. The molecule has 0 aliphatic carbocycles. The molecule has 31 heavy (non-hydrogen) atoms. The van der Waals surface area contributed by atoms with E-state index in [1.807, 2.05) is 11.8 Å². The van der Waals surface area contributed by atoms with Crippen molar-refractivity contribution in [3.8, 4) is 0 Å². The number of anilines is 2. The molecule has 1 atom stereocenters. The molecule has 0 spiro atoms. The predicted octanol–water partition coefficient (Wildman–Crippen LogP) is 2.98. The van der Waals surface area contributed by atoms with Crippen molar-refractivity contribution in [1.29, 1.82) is 0 Å². The molecule has 1 aromatic carbocycles. The van der Waals surface area contributed by atoms with Gasteiger partial charge in [-0.2, -0.15) is 0 Å². The molecule has 10 heteroatoms. The lowest BCUT2D eigenvalue weighted by atomic mass is 10.1. The van der Waals surface area contributed by atoms with Crippen LogP contribution in [0.1, 0.15) is 11.3 Å². The summed E-state index contributed by atoms with van der Waals surface area (Å²) in [6, 6.07) is 7.51. The smallest absolute Gasteiger partial charge is 0.407 e. The van der Waals surface area contributed by atoms with E-state index < -0.39 is 17.9 Å². The number of urea groups is 1. The minimum atomic E-state index is -0.979. The molecule has 0 saturated carbocycles. The maximum absolute atomic E-state index is 15.1. The van der Waals surface area contributed by atoms with E-state index in [-0.39, 0.29) is 24.8 Å². The Morgan fingerprint density at radius 2 is 2.06 bits per heavy atom. The van der Waals surface area contributed by atoms with Gasteiger partial charge in [0.15, 0.2) is 5.82 Å². The molecule has 0 bridgehead atoms. The van der Waals surface area contributed by atoms with Gasteiger partial charge >= 0.3 is 12.1 Å². The van der Waals surface area contributed by atoms with Gasteiger partial charge in [-0.25, -0.2) is 14.0 Å². The Balaban J connectivity index is 1.67. The summed E-state index contributed by atoms with van der Waals surface area (Å²) in [5.41, 5.74) is 1.78. The van der Waals surface area contributed by atoms with Crippen LogP contribution in [-0.2, 0) is 11.3 Å². The quantitative estimate of drug-likeness (QED) is 0.649. The molecule has 1 aromatic heterocycles. The number of carboxylic acid groups (broad SMARTS) is 1. The molecule has 1 aliphatic rings. The van der Waals surface area contributed by atoms with Gasteiger partial charge < -0.3 is 25.4 Å². The van der Waals surface area contributed by atoms with Gasteiger partial charge in [-0.1, -0.05) is 12.1 Å². The zero-order valence-corrected chi connectivity index (χ0v) is 17.5. The number of amides is 3. The van der Waals surface area contributed by atoms with E-state index in [2.05, 4.69) is 15.6 Å². The van der Waals surface area contributed by atoms with Gasteiger partial charge in [-0.05, 0) is 25.1 Å². The summed E-state index contributed by atoms with van der Waals surface area (Å²) >= 11 is 0. The van der Waals surface area contributed by atoms with E-state index in [0.29, 0.717) is 30.9 Å². The van der Waals surface area contributed by atoms with Crippen molar-refractivity contribution in [3.05, 3.63) is 53.6 Å². The number of rotatable bonds is 6. The number of pyridine rings is 1. The Labute approximate surface area is 179 Å². The van der Waals surface area contributed by atoms with Crippen molar-refractivity contribution < 1.29 is 23.8 Å². The minimum Gasteiger partial charge on any atom is -0.465 e. The largest absolute Gasteiger partial charge is 0.465 e. The van der Waals surface area contributed by atoms with Crippen LogP contribution in [0.4, 0.5) is 25.4 Å². The second kappa shape index (κ2) is 10.2. The second-order valence-corrected chi connectivity index (χ2v) is 7.35. The lowest BCUT2D eigenvalue weighted by molar-refractivity contribution is 0.0231. The maximum Gasteiger partial charge on any atom is 0.407 e. The first-order valence-electron chi connectivity index (χ1n) is 9.86. The molecule has 2 heterocycles. The van der Waals surface area contributed by atoms with Crippen LogP contribution >= 0.6 is 0 Å². The number of aryl methyl sites for hydroxylation is 1. The van der Waals surface area contributed by atoms with Gasteiger partial charge in [-0.15, -0.1) is 0 Å². The Kier molecular flexibility index (Phi) is 7.37. The molecule has 3 amide bonds. The number of aromatic nitrogens is 1. The van der Waals surface area contributed by atoms with Crippen molar-refractivity contribution in [2.75, 3.05) is 44.0 Å². The molecule has 0 radical (unpaired) electrons. The number of halogens is 1. The number of nitrogens with one attached hydrogen (secondary N) is 2. The van der Waals surface area contributed by atoms with Crippen molar-refractivity contribution in [3.63, 3.8) is 0 Å². The van der Waals surface area contributed by atoms with Gasteiger partial charge in [0.05, 0.1) is 30.2 Å². The van der Waals surface area contributed by atoms with Crippen LogP contribution in [0.2, 0.25) is 0 Å². The first-order chi connectivity index (χ1) is 14.9. The van der Waals surface area contributed by atoms with Crippen LogP contribution < -0.4 is 10.6 Å². The number of hydrogen-bond donors (Lipinski definition) is 3. The van der Waals surface area contributed by atoms with Crippen LogP contribution in [0.15, 0.2) is 36.5 Å². The first-order valence-corrected chi connectivity index (χ1v) is 9.86. The number of hydrogen-bond acceptors (Lipinski definition) is 5. The fourth-order valence-corrected chi connectivity index (χ4v) is 3.47. The van der Waals surface area contributed by atoms with Crippen LogP contribution in [0.25, 0.3) is 0 Å². The summed E-state index contributed by atoms with van der Waals surface area (Å²) in [5.74, 6) is -0.531. The number of piperazine rings is 1. The number of carbonyl (C=O) groups is 2. The normalized spacial score (nSPS) is 16.7. The molecule has 1 fully saturated rings. The predicted molar refractivity (Wildman–Crippen MR) is 114 cm³/mol. The zero-order chi connectivity index (χ0) is 22.4. The molecular weight excluding hydrogens is 405 g/mol. The molecular formula is C21H26FN5O4. The van der Waals surface area contributed by atoms with Gasteiger partial charge in [-0.3, -0.25) is 9.88 Å². The van der Waals surface area contributed by atoms with Crippen molar-refractivity contribution >= 4 is 23.5 Å². The van der Waals surface area contributed by atoms with Crippen LogP contribution in [0.3, 0.4) is 0 Å². The minimum absolute atomic E-state index is 0.0579. The third-order valence-corrected chi connectivity index (χ3v) is 5.10. The highest BCUT2D eigenvalue weighted by Gasteiger charge is 2.30. The Hall–Kier alpha value is -3.24. The highest BCUT2D eigenvalue weighted by Crippen LogP contribution is 2.22. The lowest BCUT2D eigenvalue weighted by Gasteiger charge is -2.40. The first kappa shape index (κ1) is 22.4. The van der Waals surface area contributed by atoms with E-state index in [1.54, 1.807) is 31.4 Å². The molecule has 3 rings (SSSR count). The molecule has 2 aromatic rings. The summed E-state index contributed by atoms with van der Waals surface area (Å²) in [7, 11) is 1.55. The van der Waals surface area contributed by atoms with Crippen molar-refractivity contribution in [1.82, 2.24) is 14.8 Å². The van der Waals surface area contributed by atoms with Gasteiger partial charge in [0.25, 0.3) is 0 Å². The number of benzene rings is 1. The lowest BCUT2D eigenvalue weighted by Crippen LogP contribution is -2.55. The second-order valence-electron chi connectivity index (χ2n) is 7.35. The third-order valence-electron chi connectivity index (χ3n) is 5.10. The molecule has 166 valence electrons. The SMILES string of the molecule is COC[C@H]1CN(C(=O)O)CCN1Cc1cccc(NC(=O)Nc2ccc(C)nc2)c1F. The standard InChI is InChI=1S/C21H26FN5O4/c1-14-6-7-16(10-23-14)24-20(28)25-18-5-3-4-15(19(18)22)11-26-8-9-27(21(29)30)12-17(26)13-31-2/h3-7,10,17H,8-9,11-13H2,1-2H3,(H,29,30)(H2,24,25,28)/t17-/m1/s1. The van der Waals surface area contributed by atoms with Gasteiger partial charge in [0.1, 0.15) is 0 Å². The summed E-state index contributed by atoms with van der Waals surface area (Å²) in [5, 5.41) is 14.4. The summed E-state index contributed by atoms with van der Waals surface area (Å²) in [6.45, 7) is 3.52. The van der Waals surface area contributed by atoms with E-state index in [9.17, 15) is 14.7 Å². The summed E-state index contributed by atoms with van der Waals surface area (Å²) in [4.78, 5) is 31.0. The number of nitrogens with zero attached hydrogens (tertiary/aromatic N) is 3. The topological polar surface area (TPSA) is 107 Å². The van der Waals surface area contributed by atoms with E-state index >= 15 is 4.39 Å². The monoisotopic (exact) mass is 431 g/mol. The zero-order valence-electron chi connectivity index (χ0n) is 17.5. The molecule has 9 nitrogen and oxygen atoms in total. The van der Waals surface area contributed by atoms with Gasteiger partial charge in [0.2, 0.25) is 0 Å². The van der Waals surface area contributed by atoms with E-state index in [4.69, 9.17) is 4.74 Å². The summed E-state index contributed by atoms with van der Waals surface area (Å²) in [6.07, 6.45) is 0.543. The Morgan fingerprint density at radius 1 is 1.26 bits per heavy atom. The fraction of sp³-hybridized carbons (Fsp3) is 0.381. The van der Waals surface area contributed by atoms with Crippen LogP contribution in [0, 0.1) is 12.7 Å². The van der Waals surface area contributed by atoms with E-state index in [1.165, 1.54) is 17.2 Å². The highest BCUT2D eigenvalue weighted by molar-refractivity contribution is 5.99. The van der Waals surface area contributed by atoms with E-state index in [0.717, 1.165) is 5.69 Å². The molecule has 3 N–H and O–H groups in total. The molecule has 0 unspecified atom stereocenters. The number of methoxy groups -OCH3 is 1. The van der Waals surface area contributed by atoms with Crippen LogP contribution in [-0.4, -0.2) is 71.4 Å². The van der Waals surface area contributed by atoms with Gasteiger partial charge in [0, 0.05) is 44.5 Å². The Morgan fingerprint density at radius 3 is 2.74 bits per heavy atom. The average Bonchev–Trinajstić information content (AvgIpc) is 2.74.